The van der Waals surface area contributed by atoms with E-state index in [1.54, 1.807) is 6.92 Å². The van der Waals surface area contributed by atoms with Crippen LogP contribution >= 0.6 is 0 Å². The maximum Gasteiger partial charge on any atom is 0.326 e. The van der Waals surface area contributed by atoms with Crippen LogP contribution in [0.3, 0.4) is 0 Å². The second-order valence-corrected chi connectivity index (χ2v) is 8.51. The smallest absolute Gasteiger partial charge is 0.326 e. The number of carboxylic acids is 1. The summed E-state index contributed by atoms with van der Waals surface area (Å²) >= 11 is 0. The van der Waals surface area contributed by atoms with Crippen LogP contribution in [0.5, 0.6) is 0 Å². The molecule has 1 aliphatic rings. The fraction of sp³-hybridized carbons (Fsp3) is 0.810. The molecule has 8 N–H and O–H groups in total. The number of carboxylic acid groups (broad SMARTS) is 1. The Morgan fingerprint density at radius 3 is 2.34 bits per heavy atom. The van der Waals surface area contributed by atoms with Crippen molar-refractivity contribution in [2.45, 2.75) is 89.6 Å². The summed E-state index contributed by atoms with van der Waals surface area (Å²) in [5.41, 5.74) is 11.3. The Morgan fingerprint density at radius 2 is 1.81 bits per heavy atom. The molecule has 0 aliphatic carbocycles. The van der Waals surface area contributed by atoms with Crippen LogP contribution in [0.15, 0.2) is 0 Å². The van der Waals surface area contributed by atoms with Crippen molar-refractivity contribution >= 4 is 23.7 Å². The van der Waals surface area contributed by atoms with Gasteiger partial charge in [-0.15, -0.1) is 0 Å². The summed E-state index contributed by atoms with van der Waals surface area (Å²) in [5.74, 6) is -3.04. The Bertz CT molecular complexity index is 659. The number of carbonyl (C=O) groups is 4. The van der Waals surface area contributed by atoms with Crippen LogP contribution < -0.4 is 22.1 Å². The second-order valence-electron chi connectivity index (χ2n) is 8.51. The van der Waals surface area contributed by atoms with Gasteiger partial charge in [-0.05, 0) is 51.5 Å². The molecule has 1 saturated heterocycles. The molecule has 1 rings (SSSR count). The zero-order chi connectivity index (χ0) is 24.4. The summed E-state index contributed by atoms with van der Waals surface area (Å²) in [4.78, 5) is 51.4. The van der Waals surface area contributed by atoms with Crippen LogP contribution in [0.2, 0.25) is 0 Å². The van der Waals surface area contributed by atoms with Crippen LogP contribution in [-0.2, 0) is 19.2 Å². The second kappa shape index (κ2) is 13.3. The first kappa shape index (κ1) is 27.8. The van der Waals surface area contributed by atoms with Gasteiger partial charge in [0, 0.05) is 6.54 Å². The Balaban J connectivity index is 2.94. The van der Waals surface area contributed by atoms with Crippen molar-refractivity contribution in [2.24, 2.45) is 17.4 Å². The monoisotopic (exact) mass is 457 g/mol. The van der Waals surface area contributed by atoms with E-state index < -0.39 is 54.0 Å². The third kappa shape index (κ3) is 7.72. The first-order valence-corrected chi connectivity index (χ1v) is 11.3. The lowest BCUT2D eigenvalue weighted by Crippen LogP contribution is -2.58. The van der Waals surface area contributed by atoms with Crippen molar-refractivity contribution in [3.05, 3.63) is 0 Å². The molecule has 6 unspecified atom stereocenters. The van der Waals surface area contributed by atoms with Gasteiger partial charge in [-0.3, -0.25) is 14.4 Å². The molecule has 0 aromatic carbocycles. The molecule has 0 radical (unpaired) electrons. The summed E-state index contributed by atoms with van der Waals surface area (Å²) in [7, 11) is 0. The van der Waals surface area contributed by atoms with E-state index in [4.69, 9.17) is 11.5 Å². The molecule has 0 aromatic heterocycles. The molecule has 0 bridgehead atoms. The van der Waals surface area contributed by atoms with Gasteiger partial charge in [0.1, 0.15) is 24.2 Å². The number of rotatable bonds is 13. The molecule has 1 heterocycles. The normalized spacial score (nSPS) is 20.7. The maximum absolute atomic E-state index is 13.0. The Morgan fingerprint density at radius 1 is 1.16 bits per heavy atom. The maximum atomic E-state index is 13.0. The fourth-order valence-corrected chi connectivity index (χ4v) is 3.67. The van der Waals surface area contributed by atoms with Crippen LogP contribution in [-0.4, -0.2) is 82.2 Å². The number of hydrogen-bond donors (Lipinski definition) is 6. The van der Waals surface area contributed by atoms with Gasteiger partial charge in [0.15, 0.2) is 0 Å². The van der Waals surface area contributed by atoms with Gasteiger partial charge in [-0.25, -0.2) is 4.79 Å². The van der Waals surface area contributed by atoms with Gasteiger partial charge in [0.25, 0.3) is 0 Å². The molecule has 3 amide bonds. The van der Waals surface area contributed by atoms with E-state index in [9.17, 15) is 29.4 Å². The first-order valence-electron chi connectivity index (χ1n) is 11.3. The molecule has 0 aromatic rings. The number of hydrogen-bond acceptors (Lipinski definition) is 7. The summed E-state index contributed by atoms with van der Waals surface area (Å²) in [6.07, 6.45) is 2.00. The summed E-state index contributed by atoms with van der Waals surface area (Å²) in [6.45, 7) is 5.72. The Labute approximate surface area is 189 Å². The minimum absolute atomic E-state index is 0.287. The number of nitrogens with zero attached hydrogens (tertiary/aromatic N) is 1. The van der Waals surface area contributed by atoms with Crippen LogP contribution in [0.25, 0.3) is 0 Å². The summed E-state index contributed by atoms with van der Waals surface area (Å²) in [6, 6.07) is -3.97. The molecule has 11 heteroatoms. The molecular formula is C21H39N5O6. The van der Waals surface area contributed by atoms with Gasteiger partial charge in [0.05, 0.1) is 6.10 Å². The average Bonchev–Trinajstić information content (AvgIpc) is 3.24. The highest BCUT2D eigenvalue weighted by Gasteiger charge is 2.39. The zero-order valence-electron chi connectivity index (χ0n) is 19.3. The largest absolute Gasteiger partial charge is 0.480 e. The Kier molecular flexibility index (Phi) is 11.6. The molecule has 11 nitrogen and oxygen atoms in total. The number of nitrogens with one attached hydrogen (secondary N) is 2. The average molecular weight is 458 g/mol. The minimum Gasteiger partial charge on any atom is -0.480 e. The topological polar surface area (TPSA) is 188 Å². The van der Waals surface area contributed by atoms with E-state index >= 15 is 0 Å². The van der Waals surface area contributed by atoms with Crippen molar-refractivity contribution in [2.75, 3.05) is 13.1 Å². The van der Waals surface area contributed by atoms with Crippen LogP contribution in [0, 0.1) is 5.92 Å². The van der Waals surface area contributed by atoms with E-state index in [1.807, 2.05) is 6.92 Å². The number of unbranched alkanes of at least 4 members (excludes halogenated alkanes) is 1. The minimum atomic E-state index is -1.14. The molecular weight excluding hydrogens is 418 g/mol. The van der Waals surface area contributed by atoms with E-state index in [0.29, 0.717) is 45.2 Å². The number of likely N-dealkylation sites (tertiary alicyclic amines) is 1. The standard InChI is InChI=1S/C21H39N5O6/c1-4-12(2)17(21(31)32)25-18(28)14(8-5-6-10-22)24-19(29)15-9-7-11-26(15)20(30)16(23)13(3)27/h12-17,27H,4-11,22-23H2,1-3H3,(H,24,29)(H,25,28)(H,31,32). The lowest BCUT2D eigenvalue weighted by Gasteiger charge is -2.29. The predicted octanol–water partition coefficient (Wildman–Crippen LogP) is -1.09. The van der Waals surface area contributed by atoms with Crippen molar-refractivity contribution in [1.82, 2.24) is 15.5 Å². The number of aliphatic carboxylic acids is 1. The lowest BCUT2D eigenvalue weighted by atomic mass is 9.98. The fourth-order valence-electron chi connectivity index (χ4n) is 3.67. The van der Waals surface area contributed by atoms with Crippen molar-refractivity contribution < 1.29 is 29.4 Å². The predicted molar refractivity (Wildman–Crippen MR) is 118 cm³/mol. The highest BCUT2D eigenvalue weighted by Crippen LogP contribution is 2.19. The van der Waals surface area contributed by atoms with Gasteiger partial charge in [0.2, 0.25) is 17.7 Å². The van der Waals surface area contributed by atoms with Crippen LogP contribution in [0.4, 0.5) is 0 Å². The molecule has 0 saturated carbocycles. The van der Waals surface area contributed by atoms with E-state index in [1.165, 1.54) is 11.8 Å². The number of aliphatic hydroxyl groups excluding tert-OH is 1. The van der Waals surface area contributed by atoms with Gasteiger partial charge < -0.3 is 37.2 Å². The van der Waals surface area contributed by atoms with E-state index in [2.05, 4.69) is 10.6 Å². The number of nitrogens with two attached hydrogens (primary N) is 2. The number of aliphatic hydroxyl groups is 1. The number of amides is 3. The van der Waals surface area contributed by atoms with Gasteiger partial charge in [-0.2, -0.15) is 0 Å². The van der Waals surface area contributed by atoms with E-state index in [-0.39, 0.29) is 12.3 Å². The molecule has 6 atom stereocenters. The number of carbonyl (C=O) groups excluding carboxylic acids is 3. The van der Waals surface area contributed by atoms with Gasteiger partial charge >= 0.3 is 5.97 Å². The molecule has 32 heavy (non-hydrogen) atoms. The third-order valence-electron chi connectivity index (χ3n) is 6.00. The lowest BCUT2D eigenvalue weighted by molar-refractivity contribution is -0.144. The summed E-state index contributed by atoms with van der Waals surface area (Å²) in [5, 5.41) is 24.3. The van der Waals surface area contributed by atoms with Crippen molar-refractivity contribution in [3.8, 4) is 0 Å². The first-order chi connectivity index (χ1) is 15.0. The summed E-state index contributed by atoms with van der Waals surface area (Å²) < 4.78 is 0. The van der Waals surface area contributed by atoms with Crippen molar-refractivity contribution in [3.63, 3.8) is 0 Å². The molecule has 1 aliphatic heterocycles. The third-order valence-corrected chi connectivity index (χ3v) is 6.00. The Hall–Kier alpha value is -2.24. The highest BCUT2D eigenvalue weighted by atomic mass is 16.4. The van der Waals surface area contributed by atoms with E-state index in [0.717, 1.165) is 0 Å². The molecule has 184 valence electrons. The van der Waals surface area contributed by atoms with Crippen LogP contribution in [0.1, 0.15) is 59.3 Å². The molecule has 0 spiro atoms. The molecule has 1 fully saturated rings. The van der Waals surface area contributed by atoms with Gasteiger partial charge in [-0.1, -0.05) is 20.3 Å². The zero-order valence-corrected chi connectivity index (χ0v) is 19.3. The SMILES string of the molecule is CCC(C)C(NC(=O)C(CCCCN)NC(=O)C1CCCN1C(=O)C(N)C(C)O)C(=O)O. The highest BCUT2D eigenvalue weighted by molar-refractivity contribution is 5.94. The quantitative estimate of drug-likeness (QED) is 0.188. The van der Waals surface area contributed by atoms with Crippen molar-refractivity contribution in [1.29, 1.82) is 0 Å².